The van der Waals surface area contributed by atoms with Crippen molar-refractivity contribution in [3.63, 3.8) is 0 Å². The molecule has 0 spiro atoms. The van der Waals surface area contributed by atoms with E-state index in [1.807, 2.05) is 13.8 Å². The molecule has 0 aromatic carbocycles. The summed E-state index contributed by atoms with van der Waals surface area (Å²) in [5, 5.41) is 15.1. The third kappa shape index (κ3) is 4.58. The molecule has 0 atom stereocenters. The third-order valence-corrected chi connectivity index (χ3v) is 4.69. The van der Waals surface area contributed by atoms with Crippen molar-refractivity contribution in [3.8, 4) is 0 Å². The van der Waals surface area contributed by atoms with Gasteiger partial charge in [-0.25, -0.2) is 13.6 Å². The topological polar surface area (TPSA) is 118 Å². The van der Waals surface area contributed by atoms with E-state index in [1.54, 1.807) is 0 Å². The molecule has 112 valence electrons. The molecule has 1 heterocycles. The number of primary sulfonamides is 1. The van der Waals surface area contributed by atoms with Gasteiger partial charge in [0.15, 0.2) is 0 Å². The Labute approximate surface area is 121 Å². The number of amides is 1. The molecule has 0 radical (unpaired) electrons. The summed E-state index contributed by atoms with van der Waals surface area (Å²) in [5.74, 6) is -1.55. The molecule has 1 aromatic heterocycles. The van der Waals surface area contributed by atoms with Crippen molar-refractivity contribution in [3.05, 3.63) is 17.0 Å². The highest BCUT2D eigenvalue weighted by Gasteiger charge is 2.22. The number of hydrogen-bond acceptors (Lipinski definition) is 5. The van der Waals surface area contributed by atoms with Gasteiger partial charge in [0, 0.05) is 11.9 Å². The number of carboxylic acids is 1. The summed E-state index contributed by atoms with van der Waals surface area (Å²) in [5.41, 5.74) is 0.126. The van der Waals surface area contributed by atoms with Gasteiger partial charge in [0.1, 0.15) is 10.8 Å². The van der Waals surface area contributed by atoms with Gasteiger partial charge in [0.2, 0.25) is 10.0 Å². The number of carbonyl (C=O) groups excluding carboxylic acids is 1. The first-order chi connectivity index (χ1) is 9.11. The zero-order chi connectivity index (χ0) is 15.5. The lowest BCUT2D eigenvalue weighted by molar-refractivity contribution is -0.137. The molecule has 0 saturated heterocycles. The van der Waals surface area contributed by atoms with Gasteiger partial charge in [-0.2, -0.15) is 0 Å². The lowest BCUT2D eigenvalue weighted by Crippen LogP contribution is -2.38. The SMILES string of the molecule is CC(C)CN(CC(=O)O)C(=O)c1csc(S(N)(=O)=O)c1. The molecule has 0 aliphatic rings. The van der Waals surface area contributed by atoms with Crippen LogP contribution in [-0.4, -0.2) is 43.4 Å². The quantitative estimate of drug-likeness (QED) is 0.795. The van der Waals surface area contributed by atoms with Crippen LogP contribution in [0, 0.1) is 5.92 Å². The van der Waals surface area contributed by atoms with E-state index in [1.165, 1.54) is 10.3 Å². The second-order valence-electron chi connectivity index (χ2n) is 4.67. The van der Waals surface area contributed by atoms with Crippen molar-refractivity contribution in [1.82, 2.24) is 4.90 Å². The second kappa shape index (κ2) is 6.33. The summed E-state index contributed by atoms with van der Waals surface area (Å²) >= 11 is 0.832. The van der Waals surface area contributed by atoms with Gasteiger partial charge in [-0.15, -0.1) is 11.3 Å². The number of nitrogens with zero attached hydrogens (tertiary/aromatic N) is 1. The van der Waals surface area contributed by atoms with Gasteiger partial charge in [0.25, 0.3) is 5.91 Å². The second-order valence-corrected chi connectivity index (χ2v) is 7.37. The van der Waals surface area contributed by atoms with E-state index in [0.717, 1.165) is 17.4 Å². The molecular weight excluding hydrogens is 304 g/mol. The van der Waals surface area contributed by atoms with Crippen molar-refractivity contribution in [1.29, 1.82) is 0 Å². The Morgan fingerprint density at radius 1 is 1.45 bits per heavy atom. The normalized spacial score (nSPS) is 11.6. The molecule has 0 saturated carbocycles. The van der Waals surface area contributed by atoms with Crippen LogP contribution in [0.3, 0.4) is 0 Å². The van der Waals surface area contributed by atoms with E-state index >= 15 is 0 Å². The highest BCUT2D eigenvalue weighted by Crippen LogP contribution is 2.20. The molecule has 3 N–H and O–H groups in total. The van der Waals surface area contributed by atoms with Crippen molar-refractivity contribution in [2.24, 2.45) is 11.1 Å². The Morgan fingerprint density at radius 3 is 2.45 bits per heavy atom. The summed E-state index contributed by atoms with van der Waals surface area (Å²) in [7, 11) is -3.86. The molecule has 1 rings (SSSR count). The van der Waals surface area contributed by atoms with Gasteiger partial charge in [-0.1, -0.05) is 13.8 Å². The first-order valence-electron chi connectivity index (χ1n) is 5.73. The Morgan fingerprint density at radius 2 is 2.05 bits per heavy atom. The predicted octanol–water partition coefficient (Wildman–Crippen LogP) is 0.578. The van der Waals surface area contributed by atoms with Crippen LogP contribution >= 0.6 is 11.3 Å². The largest absolute Gasteiger partial charge is 0.480 e. The van der Waals surface area contributed by atoms with Crippen LogP contribution in [0.4, 0.5) is 0 Å². The minimum atomic E-state index is -3.86. The van der Waals surface area contributed by atoms with Gasteiger partial charge < -0.3 is 10.0 Å². The number of thiophene rings is 1. The molecule has 20 heavy (non-hydrogen) atoms. The van der Waals surface area contributed by atoms with Crippen molar-refractivity contribution in [2.45, 2.75) is 18.1 Å². The number of sulfonamides is 1. The number of hydrogen-bond donors (Lipinski definition) is 2. The summed E-state index contributed by atoms with van der Waals surface area (Å²) in [4.78, 5) is 24.1. The highest BCUT2D eigenvalue weighted by molar-refractivity contribution is 7.91. The number of aliphatic carboxylic acids is 1. The number of carboxylic acid groups (broad SMARTS) is 1. The Balaban J connectivity index is 3.00. The van der Waals surface area contributed by atoms with Crippen LogP contribution in [-0.2, 0) is 14.8 Å². The van der Waals surface area contributed by atoms with Gasteiger partial charge in [-0.3, -0.25) is 9.59 Å². The van der Waals surface area contributed by atoms with E-state index in [9.17, 15) is 18.0 Å². The highest BCUT2D eigenvalue weighted by atomic mass is 32.2. The maximum absolute atomic E-state index is 12.2. The molecule has 9 heteroatoms. The lowest BCUT2D eigenvalue weighted by atomic mass is 10.2. The molecule has 0 fully saturated rings. The zero-order valence-electron chi connectivity index (χ0n) is 11.1. The fraction of sp³-hybridized carbons (Fsp3) is 0.455. The Bertz CT molecular complexity index is 606. The van der Waals surface area contributed by atoms with E-state index < -0.39 is 28.4 Å². The zero-order valence-corrected chi connectivity index (χ0v) is 12.7. The molecule has 0 aliphatic carbocycles. The lowest BCUT2D eigenvalue weighted by Gasteiger charge is -2.22. The summed E-state index contributed by atoms with van der Waals surface area (Å²) in [6.07, 6.45) is 0. The standard InChI is InChI=1S/C11H16N2O5S2/c1-7(2)4-13(5-9(14)15)11(16)8-3-10(19-6-8)20(12,17)18/h3,6-7H,4-5H2,1-2H3,(H,14,15)(H2,12,17,18). The molecule has 0 aliphatic heterocycles. The number of nitrogens with two attached hydrogens (primary N) is 1. The first kappa shape index (κ1) is 16.6. The van der Waals surface area contributed by atoms with Gasteiger partial charge >= 0.3 is 5.97 Å². The maximum atomic E-state index is 12.2. The van der Waals surface area contributed by atoms with Crippen LogP contribution in [0.2, 0.25) is 0 Å². The fourth-order valence-electron chi connectivity index (χ4n) is 1.58. The van der Waals surface area contributed by atoms with Crippen molar-refractivity contribution >= 4 is 33.2 Å². The van der Waals surface area contributed by atoms with Crippen LogP contribution in [0.5, 0.6) is 0 Å². The van der Waals surface area contributed by atoms with Crippen LogP contribution in [0.15, 0.2) is 15.7 Å². The van der Waals surface area contributed by atoms with E-state index in [0.29, 0.717) is 0 Å². The monoisotopic (exact) mass is 320 g/mol. The van der Waals surface area contributed by atoms with Crippen LogP contribution in [0.25, 0.3) is 0 Å². The third-order valence-electron chi connectivity index (χ3n) is 2.30. The molecular formula is C11H16N2O5S2. The van der Waals surface area contributed by atoms with Gasteiger partial charge in [-0.05, 0) is 12.0 Å². The summed E-state index contributed by atoms with van der Waals surface area (Å²) in [6, 6.07) is 1.16. The van der Waals surface area contributed by atoms with E-state index in [-0.39, 0.29) is 22.2 Å². The number of carbonyl (C=O) groups is 2. The maximum Gasteiger partial charge on any atom is 0.323 e. The van der Waals surface area contributed by atoms with Crippen LogP contribution < -0.4 is 5.14 Å². The Kier molecular flexibility index (Phi) is 5.26. The molecule has 0 unspecified atom stereocenters. The van der Waals surface area contributed by atoms with E-state index in [4.69, 9.17) is 10.2 Å². The molecule has 7 nitrogen and oxygen atoms in total. The van der Waals surface area contributed by atoms with Gasteiger partial charge in [0.05, 0.1) is 5.56 Å². The average molecular weight is 320 g/mol. The number of rotatable bonds is 6. The summed E-state index contributed by atoms with van der Waals surface area (Å²) < 4.78 is 22.2. The fourth-order valence-corrected chi connectivity index (χ4v) is 3.16. The van der Waals surface area contributed by atoms with E-state index in [2.05, 4.69) is 0 Å². The minimum absolute atomic E-state index is 0.0923. The van der Waals surface area contributed by atoms with Crippen LogP contribution in [0.1, 0.15) is 24.2 Å². The smallest absolute Gasteiger partial charge is 0.323 e. The molecule has 1 aromatic rings. The average Bonchev–Trinajstić information content (AvgIpc) is 2.74. The molecule has 0 bridgehead atoms. The predicted molar refractivity (Wildman–Crippen MR) is 74.1 cm³/mol. The first-order valence-corrected chi connectivity index (χ1v) is 8.16. The molecule has 1 amide bonds. The Hall–Kier alpha value is -1.45. The van der Waals surface area contributed by atoms with Crippen molar-refractivity contribution in [2.75, 3.05) is 13.1 Å². The van der Waals surface area contributed by atoms with Crippen molar-refractivity contribution < 1.29 is 23.1 Å². The minimum Gasteiger partial charge on any atom is -0.480 e. The summed E-state index contributed by atoms with van der Waals surface area (Å²) in [6.45, 7) is 3.54.